The lowest BCUT2D eigenvalue weighted by molar-refractivity contribution is -0.159. The van der Waals surface area contributed by atoms with Gasteiger partial charge in [0.1, 0.15) is 11.9 Å². The summed E-state index contributed by atoms with van der Waals surface area (Å²) in [5.74, 6) is 4.15. The first kappa shape index (κ1) is 20.3. The normalized spacial score (nSPS) is 45.2. The smallest absolute Gasteiger partial charge is 0.335 e. The van der Waals surface area contributed by atoms with Crippen LogP contribution < -0.4 is 5.63 Å². The van der Waals surface area contributed by atoms with Crippen LogP contribution in [0.15, 0.2) is 27.4 Å². The first-order chi connectivity index (χ1) is 14.3. The first-order valence-corrected chi connectivity index (χ1v) is 12.1. The Kier molecular flexibility index (Phi) is 4.91. The van der Waals surface area contributed by atoms with Crippen molar-refractivity contribution in [1.82, 2.24) is 0 Å². The summed E-state index contributed by atoms with van der Waals surface area (Å²) in [6, 6.07) is 5.40. The molecule has 4 nitrogen and oxygen atoms in total. The molecule has 0 radical (unpaired) electrons. The molecule has 0 saturated heterocycles. The van der Waals surface area contributed by atoms with E-state index in [0.29, 0.717) is 17.3 Å². The highest BCUT2D eigenvalue weighted by atomic mass is 16.5. The molecule has 30 heavy (non-hydrogen) atoms. The molecular weight excluding hydrogens is 376 g/mol. The molecule has 0 spiro atoms. The lowest BCUT2D eigenvalue weighted by Gasteiger charge is -2.61. The Labute approximate surface area is 179 Å². The zero-order chi connectivity index (χ0) is 21.1. The summed E-state index contributed by atoms with van der Waals surface area (Å²) in [7, 11) is 0. The number of carbonyl (C=O) groups is 1. The van der Waals surface area contributed by atoms with Gasteiger partial charge in [-0.2, -0.15) is 0 Å². The highest BCUT2D eigenvalue weighted by Crippen LogP contribution is 2.69. The Balaban J connectivity index is 1.37. The Morgan fingerprint density at radius 2 is 1.77 bits per heavy atom. The molecule has 1 aromatic rings. The van der Waals surface area contributed by atoms with Gasteiger partial charge >= 0.3 is 11.6 Å². The van der Waals surface area contributed by atoms with Gasteiger partial charge in [-0.15, -0.1) is 0 Å². The number of hydrogen-bond donors (Lipinski definition) is 0. The van der Waals surface area contributed by atoms with Gasteiger partial charge < -0.3 is 9.15 Å². The van der Waals surface area contributed by atoms with Crippen LogP contribution in [0.3, 0.4) is 0 Å². The van der Waals surface area contributed by atoms with Crippen LogP contribution in [0.25, 0.3) is 0 Å². The molecule has 4 aliphatic rings. The average Bonchev–Trinajstić information content (AvgIpc) is 3.05. The molecule has 8 unspecified atom stereocenters. The summed E-state index contributed by atoms with van der Waals surface area (Å²) < 4.78 is 11.3. The third-order valence-electron chi connectivity index (χ3n) is 10.0. The molecule has 1 aromatic heterocycles. The second-order valence-electron chi connectivity index (χ2n) is 11.2. The van der Waals surface area contributed by atoms with Gasteiger partial charge in [0, 0.05) is 18.9 Å². The van der Waals surface area contributed by atoms with Crippen molar-refractivity contribution in [3.8, 4) is 0 Å². The van der Waals surface area contributed by atoms with Gasteiger partial charge in [-0.1, -0.05) is 19.9 Å². The number of ether oxygens (including phenoxy) is 1. The average molecular weight is 413 g/mol. The first-order valence-electron chi connectivity index (χ1n) is 12.1. The van der Waals surface area contributed by atoms with E-state index in [2.05, 4.69) is 13.8 Å². The lowest BCUT2D eigenvalue weighted by atomic mass is 9.44. The van der Waals surface area contributed by atoms with Crippen molar-refractivity contribution in [2.24, 2.45) is 34.5 Å². The molecule has 0 bridgehead atoms. The van der Waals surface area contributed by atoms with Crippen LogP contribution in [0.2, 0.25) is 0 Å². The fraction of sp³-hybridized carbons (Fsp3) is 0.769. The third kappa shape index (κ3) is 3.08. The molecule has 8 atom stereocenters. The monoisotopic (exact) mass is 412 g/mol. The maximum absolute atomic E-state index is 11.8. The fourth-order valence-electron chi connectivity index (χ4n) is 8.62. The maximum atomic E-state index is 11.8. The summed E-state index contributed by atoms with van der Waals surface area (Å²) in [4.78, 5) is 23.3. The summed E-state index contributed by atoms with van der Waals surface area (Å²) in [6.07, 6.45) is 10.9. The van der Waals surface area contributed by atoms with Crippen LogP contribution in [0, 0.1) is 34.5 Å². The summed E-state index contributed by atoms with van der Waals surface area (Å²) in [5, 5.41) is 0. The minimum Gasteiger partial charge on any atom is -0.463 e. The Hall–Kier alpha value is -1.58. The van der Waals surface area contributed by atoms with Crippen LogP contribution >= 0.6 is 0 Å². The summed E-state index contributed by atoms with van der Waals surface area (Å²) in [5.41, 5.74) is 0.417. The highest BCUT2D eigenvalue weighted by molar-refractivity contribution is 5.66. The van der Waals surface area contributed by atoms with Gasteiger partial charge in [0.25, 0.3) is 0 Å². The van der Waals surface area contributed by atoms with Gasteiger partial charge in [0.15, 0.2) is 0 Å². The zero-order valence-corrected chi connectivity index (χ0v) is 18.7. The molecule has 4 heteroatoms. The van der Waals surface area contributed by atoms with Gasteiger partial charge in [-0.3, -0.25) is 4.79 Å². The topological polar surface area (TPSA) is 56.5 Å². The van der Waals surface area contributed by atoms with E-state index in [9.17, 15) is 9.59 Å². The van der Waals surface area contributed by atoms with Crippen molar-refractivity contribution in [3.63, 3.8) is 0 Å². The van der Waals surface area contributed by atoms with E-state index in [-0.39, 0.29) is 23.1 Å². The van der Waals surface area contributed by atoms with Crippen LogP contribution in [0.5, 0.6) is 0 Å². The number of esters is 1. The van der Waals surface area contributed by atoms with Crippen LogP contribution in [0.4, 0.5) is 0 Å². The number of hydrogen-bond acceptors (Lipinski definition) is 4. The van der Waals surface area contributed by atoms with E-state index >= 15 is 0 Å². The quantitative estimate of drug-likeness (QED) is 0.585. The van der Waals surface area contributed by atoms with Gasteiger partial charge in [-0.05, 0) is 98.4 Å². The number of fused-ring (bicyclic) bond motifs is 5. The standard InChI is InChI=1S/C26H36O4/c1-16(27)29-18-11-13-25(2)17(15-18)7-8-19-20-9-10-22(23-5-4-6-24(28)30-23)26(20,3)14-12-21(19)25/h4-6,17-22H,7-15H2,1-3H3. The van der Waals surface area contributed by atoms with Gasteiger partial charge in [-0.25, -0.2) is 4.79 Å². The van der Waals surface area contributed by atoms with Crippen molar-refractivity contribution in [1.29, 1.82) is 0 Å². The molecule has 4 saturated carbocycles. The van der Waals surface area contributed by atoms with Crippen molar-refractivity contribution in [3.05, 3.63) is 34.4 Å². The van der Waals surface area contributed by atoms with E-state index < -0.39 is 0 Å². The maximum Gasteiger partial charge on any atom is 0.335 e. The fourth-order valence-corrected chi connectivity index (χ4v) is 8.62. The predicted molar refractivity (Wildman–Crippen MR) is 115 cm³/mol. The second kappa shape index (κ2) is 7.24. The minimum absolute atomic E-state index is 0.128. The zero-order valence-electron chi connectivity index (χ0n) is 18.7. The molecular formula is C26H36O4. The van der Waals surface area contributed by atoms with Gasteiger partial charge in [0.05, 0.1) is 0 Å². The van der Waals surface area contributed by atoms with Crippen molar-refractivity contribution < 1.29 is 13.9 Å². The number of carbonyl (C=O) groups excluding carboxylic acids is 1. The van der Waals surface area contributed by atoms with E-state index in [4.69, 9.17) is 9.15 Å². The number of rotatable bonds is 2. The van der Waals surface area contributed by atoms with E-state index in [1.807, 2.05) is 12.1 Å². The molecule has 4 fully saturated rings. The molecule has 4 aliphatic carbocycles. The van der Waals surface area contributed by atoms with Crippen LogP contribution in [0.1, 0.15) is 90.2 Å². The minimum atomic E-state index is -0.217. The molecule has 1 heterocycles. The summed E-state index contributed by atoms with van der Waals surface area (Å²) >= 11 is 0. The van der Waals surface area contributed by atoms with Crippen LogP contribution in [-0.2, 0) is 9.53 Å². The van der Waals surface area contributed by atoms with E-state index in [0.717, 1.165) is 42.8 Å². The Morgan fingerprint density at radius 3 is 2.53 bits per heavy atom. The molecule has 0 amide bonds. The molecule has 0 aliphatic heterocycles. The largest absolute Gasteiger partial charge is 0.463 e. The summed E-state index contributed by atoms with van der Waals surface area (Å²) in [6.45, 7) is 6.56. The van der Waals surface area contributed by atoms with Crippen molar-refractivity contribution in [2.75, 3.05) is 0 Å². The SMILES string of the molecule is CC(=O)OC1CCC2(C)C(CCC3C2CCC2(C)C(c4cccc(=O)o4)CCC32)C1. The molecule has 0 aromatic carbocycles. The highest BCUT2D eigenvalue weighted by Gasteiger charge is 2.60. The van der Waals surface area contributed by atoms with Gasteiger partial charge in [0.2, 0.25) is 0 Å². The molecule has 5 rings (SSSR count). The Morgan fingerprint density at radius 1 is 1.00 bits per heavy atom. The van der Waals surface area contributed by atoms with Crippen molar-refractivity contribution in [2.45, 2.75) is 90.6 Å². The second-order valence-corrected chi connectivity index (χ2v) is 11.2. The predicted octanol–water partition coefficient (Wildman–Crippen LogP) is 5.70. The van der Waals surface area contributed by atoms with E-state index in [1.54, 1.807) is 0 Å². The van der Waals surface area contributed by atoms with Crippen LogP contribution in [-0.4, -0.2) is 12.1 Å². The van der Waals surface area contributed by atoms with Crippen molar-refractivity contribution >= 4 is 5.97 Å². The molecule has 164 valence electrons. The Bertz CT molecular complexity index is 874. The lowest BCUT2D eigenvalue weighted by Crippen LogP contribution is -2.54. The third-order valence-corrected chi connectivity index (χ3v) is 10.0. The van der Waals surface area contributed by atoms with E-state index in [1.165, 1.54) is 51.5 Å². The molecule has 0 N–H and O–H groups in total.